The zero-order chi connectivity index (χ0) is 20.1. The van der Waals surface area contributed by atoms with Crippen molar-refractivity contribution in [2.75, 3.05) is 0 Å². The number of alkyl halides is 2. The van der Waals surface area contributed by atoms with Gasteiger partial charge in [-0.3, -0.25) is 4.79 Å². The van der Waals surface area contributed by atoms with E-state index in [9.17, 15) is 13.6 Å². The number of benzene rings is 2. The van der Waals surface area contributed by atoms with Crippen LogP contribution in [-0.4, -0.2) is 22.7 Å². The maximum atomic E-state index is 12.7. The Hall–Kier alpha value is -2.99. The molecule has 0 radical (unpaired) electrons. The first-order valence-electron chi connectivity index (χ1n) is 8.40. The minimum Gasteiger partial charge on any atom is -0.481 e. The summed E-state index contributed by atoms with van der Waals surface area (Å²) in [6.45, 7) is -2.99. The van der Waals surface area contributed by atoms with Gasteiger partial charge >= 0.3 is 12.6 Å². The molecule has 0 spiro atoms. The second-order valence-corrected chi connectivity index (χ2v) is 6.59. The molecule has 0 saturated heterocycles. The van der Waals surface area contributed by atoms with Crippen molar-refractivity contribution in [3.8, 4) is 17.0 Å². The fraction of sp³-hybridized carbons (Fsp3) is 0.143. The van der Waals surface area contributed by atoms with Gasteiger partial charge in [0.2, 0.25) is 5.88 Å². The quantitative estimate of drug-likeness (QED) is 0.587. The van der Waals surface area contributed by atoms with Gasteiger partial charge in [-0.15, -0.1) is 0 Å². The van der Waals surface area contributed by atoms with Crippen molar-refractivity contribution >= 4 is 17.6 Å². The van der Waals surface area contributed by atoms with Crippen molar-refractivity contribution in [3.05, 3.63) is 82.5 Å². The van der Waals surface area contributed by atoms with E-state index in [1.807, 2.05) is 12.1 Å². The highest BCUT2D eigenvalue weighted by Crippen LogP contribution is 2.32. The number of hydrogen-bond donors (Lipinski definition) is 1. The van der Waals surface area contributed by atoms with Crippen LogP contribution < -0.4 is 4.74 Å². The highest BCUT2D eigenvalue weighted by Gasteiger charge is 2.14. The summed E-state index contributed by atoms with van der Waals surface area (Å²) in [5.74, 6) is -1.06. The number of carboxylic acid groups (broad SMARTS) is 1. The summed E-state index contributed by atoms with van der Waals surface area (Å²) < 4.78 is 30.0. The standard InChI is InChI=1S/C21H16ClF2NO3/c22-17-3-1-2-16(11-17)18-9-15(12-25-20(18)28-21(23)24)8-13-4-6-14(7-5-13)10-19(26)27/h1-7,9,11-12,21H,8,10H2,(H,26,27). The number of carbonyl (C=O) groups is 1. The lowest BCUT2D eigenvalue weighted by Gasteiger charge is -2.12. The lowest BCUT2D eigenvalue weighted by Crippen LogP contribution is -2.06. The SMILES string of the molecule is O=C(O)Cc1ccc(Cc2cnc(OC(F)F)c(-c3cccc(Cl)c3)c2)cc1. The van der Waals surface area contributed by atoms with Crippen LogP contribution in [0.3, 0.4) is 0 Å². The molecular formula is C21H16ClF2NO3. The van der Waals surface area contributed by atoms with Crippen LogP contribution in [0.15, 0.2) is 60.8 Å². The molecule has 0 aliphatic rings. The van der Waals surface area contributed by atoms with Crippen molar-refractivity contribution in [3.63, 3.8) is 0 Å². The van der Waals surface area contributed by atoms with E-state index >= 15 is 0 Å². The van der Waals surface area contributed by atoms with Gasteiger partial charge in [0.25, 0.3) is 0 Å². The van der Waals surface area contributed by atoms with Gasteiger partial charge in [0.15, 0.2) is 0 Å². The fourth-order valence-corrected chi connectivity index (χ4v) is 3.01. The summed E-state index contributed by atoms with van der Waals surface area (Å²) in [6.07, 6.45) is 1.94. The Labute approximate surface area is 165 Å². The Bertz CT molecular complexity index is 978. The van der Waals surface area contributed by atoms with Crippen LogP contribution in [0.4, 0.5) is 8.78 Å². The number of carboxylic acids is 1. The van der Waals surface area contributed by atoms with Crippen LogP contribution >= 0.6 is 11.6 Å². The second-order valence-electron chi connectivity index (χ2n) is 6.15. The van der Waals surface area contributed by atoms with Gasteiger partial charge in [-0.25, -0.2) is 4.98 Å². The molecule has 1 N–H and O–H groups in total. The molecule has 28 heavy (non-hydrogen) atoms. The Kier molecular flexibility index (Phi) is 6.21. The first kappa shape index (κ1) is 19.8. The highest BCUT2D eigenvalue weighted by atomic mass is 35.5. The molecule has 0 atom stereocenters. The number of pyridine rings is 1. The van der Waals surface area contributed by atoms with Crippen molar-refractivity contribution in [1.82, 2.24) is 4.98 Å². The maximum absolute atomic E-state index is 12.7. The molecule has 7 heteroatoms. The number of ether oxygens (including phenoxy) is 1. The van der Waals surface area contributed by atoms with E-state index in [0.717, 1.165) is 11.1 Å². The molecular weight excluding hydrogens is 388 g/mol. The van der Waals surface area contributed by atoms with Crippen molar-refractivity contribution in [2.45, 2.75) is 19.5 Å². The molecule has 3 aromatic rings. The summed E-state index contributed by atoms with van der Waals surface area (Å²) in [6, 6.07) is 15.7. The summed E-state index contributed by atoms with van der Waals surface area (Å²) in [7, 11) is 0. The van der Waals surface area contributed by atoms with Crippen LogP contribution in [0.25, 0.3) is 11.1 Å². The topological polar surface area (TPSA) is 59.4 Å². The number of aromatic nitrogens is 1. The third-order valence-electron chi connectivity index (χ3n) is 4.03. The Morgan fingerprint density at radius 3 is 2.43 bits per heavy atom. The molecule has 1 aromatic heterocycles. The Morgan fingerprint density at radius 1 is 1.07 bits per heavy atom. The predicted molar refractivity (Wildman–Crippen MR) is 102 cm³/mol. The molecule has 1 heterocycles. The van der Waals surface area contributed by atoms with Crippen molar-refractivity contribution < 1.29 is 23.4 Å². The van der Waals surface area contributed by atoms with Gasteiger partial charge in [0.1, 0.15) is 0 Å². The zero-order valence-corrected chi connectivity index (χ0v) is 15.4. The minimum atomic E-state index is -2.99. The lowest BCUT2D eigenvalue weighted by atomic mass is 10.0. The smallest absolute Gasteiger partial charge is 0.388 e. The normalized spacial score (nSPS) is 10.9. The van der Waals surface area contributed by atoms with Crippen molar-refractivity contribution in [1.29, 1.82) is 0 Å². The molecule has 0 fully saturated rings. The average Bonchev–Trinajstić information content (AvgIpc) is 2.64. The van der Waals surface area contributed by atoms with E-state index in [1.54, 1.807) is 42.5 Å². The van der Waals surface area contributed by atoms with Crippen molar-refractivity contribution in [2.24, 2.45) is 0 Å². The van der Waals surface area contributed by atoms with Crippen LogP contribution in [0.5, 0.6) is 5.88 Å². The summed E-state index contributed by atoms with van der Waals surface area (Å²) in [5, 5.41) is 9.31. The molecule has 144 valence electrons. The lowest BCUT2D eigenvalue weighted by molar-refractivity contribution is -0.136. The molecule has 0 bridgehead atoms. The van der Waals surface area contributed by atoms with Gasteiger partial charge in [0, 0.05) is 16.8 Å². The number of halogens is 3. The molecule has 0 aliphatic carbocycles. The third kappa shape index (κ3) is 5.27. The third-order valence-corrected chi connectivity index (χ3v) is 4.27. The average molecular weight is 404 g/mol. The zero-order valence-electron chi connectivity index (χ0n) is 14.6. The number of nitrogens with zero attached hydrogens (tertiary/aromatic N) is 1. The van der Waals surface area contributed by atoms with E-state index < -0.39 is 12.6 Å². The van der Waals surface area contributed by atoms with E-state index in [-0.39, 0.29) is 12.3 Å². The van der Waals surface area contributed by atoms with Gasteiger partial charge in [-0.1, -0.05) is 48.0 Å². The molecule has 0 unspecified atom stereocenters. The van der Waals surface area contributed by atoms with Gasteiger partial charge < -0.3 is 9.84 Å². The monoisotopic (exact) mass is 403 g/mol. The summed E-state index contributed by atoms with van der Waals surface area (Å²) in [5.41, 5.74) is 3.48. The van der Waals surface area contributed by atoms with Gasteiger partial charge in [-0.05, 0) is 46.9 Å². The van der Waals surface area contributed by atoms with Gasteiger partial charge in [0.05, 0.1) is 6.42 Å². The van der Waals surface area contributed by atoms with E-state index in [0.29, 0.717) is 28.1 Å². The molecule has 0 amide bonds. The minimum absolute atomic E-state index is 0.0413. The summed E-state index contributed by atoms with van der Waals surface area (Å²) in [4.78, 5) is 14.8. The Morgan fingerprint density at radius 2 is 1.79 bits per heavy atom. The molecule has 3 rings (SSSR count). The first-order chi connectivity index (χ1) is 13.4. The van der Waals surface area contributed by atoms with Crippen LogP contribution in [0.1, 0.15) is 16.7 Å². The molecule has 0 saturated carbocycles. The molecule has 2 aromatic carbocycles. The number of aliphatic carboxylic acids is 1. The predicted octanol–water partition coefficient (Wildman–Crippen LogP) is 5.22. The van der Waals surface area contributed by atoms with E-state index in [1.165, 1.54) is 6.20 Å². The molecule has 0 aliphatic heterocycles. The number of hydrogen-bond acceptors (Lipinski definition) is 3. The molecule has 4 nitrogen and oxygen atoms in total. The van der Waals surface area contributed by atoms with Crippen LogP contribution in [-0.2, 0) is 17.6 Å². The van der Waals surface area contributed by atoms with Crippen LogP contribution in [0, 0.1) is 0 Å². The fourth-order valence-electron chi connectivity index (χ4n) is 2.82. The number of rotatable bonds is 7. The van der Waals surface area contributed by atoms with Gasteiger partial charge in [-0.2, -0.15) is 8.78 Å². The second kappa shape index (κ2) is 8.80. The summed E-state index contributed by atoms with van der Waals surface area (Å²) >= 11 is 6.02. The Balaban J connectivity index is 1.90. The van der Waals surface area contributed by atoms with E-state index in [2.05, 4.69) is 9.72 Å². The highest BCUT2D eigenvalue weighted by molar-refractivity contribution is 6.30. The maximum Gasteiger partial charge on any atom is 0.388 e. The van der Waals surface area contributed by atoms with Crippen LogP contribution in [0.2, 0.25) is 5.02 Å². The van der Waals surface area contributed by atoms with E-state index in [4.69, 9.17) is 16.7 Å². The first-order valence-corrected chi connectivity index (χ1v) is 8.78. The largest absolute Gasteiger partial charge is 0.481 e.